The van der Waals surface area contributed by atoms with Crippen LogP contribution in [0.1, 0.15) is 30.4 Å². The molecule has 1 aromatic heterocycles. The van der Waals surface area contributed by atoms with Crippen molar-refractivity contribution in [2.75, 3.05) is 0 Å². The average molecular weight is 228 g/mol. The maximum atomic E-state index is 5.86. The van der Waals surface area contributed by atoms with Crippen molar-refractivity contribution in [1.82, 2.24) is 4.57 Å². The molecular formula is C15H20N2. The van der Waals surface area contributed by atoms with E-state index < -0.39 is 0 Å². The summed E-state index contributed by atoms with van der Waals surface area (Å²) in [6.45, 7) is 3.98. The van der Waals surface area contributed by atoms with Crippen LogP contribution in [0.3, 0.4) is 0 Å². The first-order chi connectivity index (χ1) is 8.29. The molecule has 3 rings (SSSR count). The monoisotopic (exact) mass is 228 g/mol. The molecule has 1 fully saturated rings. The second-order valence-electron chi connectivity index (χ2n) is 5.28. The molecular weight excluding hydrogens is 208 g/mol. The molecule has 1 saturated carbocycles. The molecule has 0 bridgehead atoms. The zero-order chi connectivity index (χ0) is 11.8. The third-order valence-corrected chi connectivity index (χ3v) is 4.09. The summed E-state index contributed by atoms with van der Waals surface area (Å²) in [5.41, 5.74) is 9.85. The van der Waals surface area contributed by atoms with Crippen LogP contribution in [-0.2, 0) is 13.1 Å². The summed E-state index contributed by atoms with van der Waals surface area (Å²) in [5, 5.41) is 1.37. The fourth-order valence-electron chi connectivity index (χ4n) is 2.89. The van der Waals surface area contributed by atoms with Crippen LogP contribution in [0.25, 0.3) is 10.9 Å². The van der Waals surface area contributed by atoms with Crippen LogP contribution in [0.2, 0.25) is 0 Å². The second-order valence-corrected chi connectivity index (χ2v) is 5.28. The SMILES string of the molecule is Cc1cccc2c1c(CN)cn2CC1CCC1. The van der Waals surface area contributed by atoms with Crippen LogP contribution < -0.4 is 5.73 Å². The van der Waals surface area contributed by atoms with Crippen molar-refractivity contribution >= 4 is 10.9 Å². The quantitative estimate of drug-likeness (QED) is 0.859. The van der Waals surface area contributed by atoms with Crippen LogP contribution in [-0.4, -0.2) is 4.57 Å². The number of nitrogens with zero attached hydrogens (tertiary/aromatic N) is 1. The third kappa shape index (κ3) is 1.77. The summed E-state index contributed by atoms with van der Waals surface area (Å²) >= 11 is 0. The van der Waals surface area contributed by atoms with Crippen LogP contribution >= 0.6 is 0 Å². The summed E-state index contributed by atoms with van der Waals surface area (Å²) in [6.07, 6.45) is 6.45. The minimum atomic E-state index is 0.638. The van der Waals surface area contributed by atoms with Gasteiger partial charge in [0.15, 0.2) is 0 Å². The molecule has 0 aliphatic heterocycles. The first-order valence-electron chi connectivity index (χ1n) is 6.57. The van der Waals surface area contributed by atoms with Gasteiger partial charge >= 0.3 is 0 Å². The highest BCUT2D eigenvalue weighted by Crippen LogP contribution is 2.31. The molecule has 0 atom stereocenters. The van der Waals surface area contributed by atoms with E-state index in [1.54, 1.807) is 0 Å². The molecule has 17 heavy (non-hydrogen) atoms. The van der Waals surface area contributed by atoms with E-state index in [1.807, 2.05) is 0 Å². The zero-order valence-electron chi connectivity index (χ0n) is 10.4. The Morgan fingerprint density at radius 2 is 2.18 bits per heavy atom. The van der Waals surface area contributed by atoms with E-state index in [0.29, 0.717) is 6.54 Å². The highest BCUT2D eigenvalue weighted by Gasteiger charge is 2.19. The molecule has 1 aliphatic carbocycles. The Hall–Kier alpha value is -1.28. The van der Waals surface area contributed by atoms with Gasteiger partial charge in [-0.1, -0.05) is 18.6 Å². The lowest BCUT2D eigenvalue weighted by Gasteiger charge is -2.26. The van der Waals surface area contributed by atoms with Gasteiger partial charge in [-0.15, -0.1) is 0 Å². The van der Waals surface area contributed by atoms with E-state index in [-0.39, 0.29) is 0 Å². The van der Waals surface area contributed by atoms with Crippen molar-refractivity contribution in [3.63, 3.8) is 0 Å². The van der Waals surface area contributed by atoms with Crippen LogP contribution in [0.15, 0.2) is 24.4 Å². The van der Waals surface area contributed by atoms with Crippen molar-refractivity contribution in [3.05, 3.63) is 35.5 Å². The van der Waals surface area contributed by atoms with Gasteiger partial charge < -0.3 is 10.3 Å². The number of benzene rings is 1. The Morgan fingerprint density at radius 3 is 2.82 bits per heavy atom. The minimum absolute atomic E-state index is 0.638. The van der Waals surface area contributed by atoms with Crippen molar-refractivity contribution in [2.24, 2.45) is 11.7 Å². The normalized spacial score (nSPS) is 16.4. The summed E-state index contributed by atoms with van der Waals surface area (Å²) in [5.74, 6) is 0.886. The fourth-order valence-corrected chi connectivity index (χ4v) is 2.89. The standard InChI is InChI=1S/C15H20N2/c1-11-4-2-7-14-15(11)13(8-16)10-17(14)9-12-5-3-6-12/h2,4,7,10,12H,3,5-6,8-9,16H2,1H3. The smallest absolute Gasteiger partial charge is 0.0486 e. The van der Waals surface area contributed by atoms with Gasteiger partial charge in [0.1, 0.15) is 0 Å². The number of rotatable bonds is 3. The summed E-state index contributed by atoms with van der Waals surface area (Å²) in [4.78, 5) is 0. The van der Waals surface area contributed by atoms with E-state index in [1.165, 1.54) is 47.8 Å². The van der Waals surface area contributed by atoms with Crippen molar-refractivity contribution in [3.8, 4) is 0 Å². The molecule has 90 valence electrons. The van der Waals surface area contributed by atoms with E-state index >= 15 is 0 Å². The predicted octanol–water partition coefficient (Wildman–Crippen LogP) is 3.21. The number of hydrogen-bond acceptors (Lipinski definition) is 1. The van der Waals surface area contributed by atoms with Gasteiger partial charge in [0.25, 0.3) is 0 Å². The molecule has 0 amide bonds. The van der Waals surface area contributed by atoms with Gasteiger partial charge in [-0.2, -0.15) is 0 Å². The second kappa shape index (κ2) is 4.19. The topological polar surface area (TPSA) is 30.9 Å². The molecule has 2 N–H and O–H groups in total. The van der Waals surface area contributed by atoms with Crippen LogP contribution in [0.5, 0.6) is 0 Å². The molecule has 1 aliphatic rings. The molecule has 2 nitrogen and oxygen atoms in total. The largest absolute Gasteiger partial charge is 0.347 e. The van der Waals surface area contributed by atoms with Gasteiger partial charge in [-0.25, -0.2) is 0 Å². The summed E-state index contributed by atoms with van der Waals surface area (Å²) in [7, 11) is 0. The van der Waals surface area contributed by atoms with E-state index in [0.717, 1.165) is 5.92 Å². The first-order valence-corrected chi connectivity index (χ1v) is 6.57. The van der Waals surface area contributed by atoms with Gasteiger partial charge in [-0.05, 0) is 42.9 Å². The summed E-state index contributed by atoms with van der Waals surface area (Å²) in [6, 6.07) is 6.55. The van der Waals surface area contributed by atoms with Crippen LogP contribution in [0, 0.1) is 12.8 Å². The molecule has 0 saturated heterocycles. The molecule has 1 aromatic carbocycles. The third-order valence-electron chi connectivity index (χ3n) is 4.09. The molecule has 0 spiro atoms. The Labute approximate surface area is 102 Å². The average Bonchev–Trinajstić information content (AvgIpc) is 2.63. The Balaban J connectivity index is 2.08. The highest BCUT2D eigenvalue weighted by molar-refractivity contribution is 5.87. The zero-order valence-corrected chi connectivity index (χ0v) is 10.4. The minimum Gasteiger partial charge on any atom is -0.347 e. The van der Waals surface area contributed by atoms with E-state index in [9.17, 15) is 0 Å². The lowest BCUT2D eigenvalue weighted by atomic mass is 9.85. The van der Waals surface area contributed by atoms with Gasteiger partial charge in [0.2, 0.25) is 0 Å². The Morgan fingerprint density at radius 1 is 1.35 bits per heavy atom. The number of aryl methyl sites for hydroxylation is 1. The summed E-state index contributed by atoms with van der Waals surface area (Å²) < 4.78 is 2.41. The van der Waals surface area contributed by atoms with E-state index in [2.05, 4.69) is 35.9 Å². The fraction of sp³-hybridized carbons (Fsp3) is 0.467. The number of nitrogens with two attached hydrogens (primary N) is 1. The number of hydrogen-bond donors (Lipinski definition) is 1. The van der Waals surface area contributed by atoms with E-state index in [4.69, 9.17) is 5.73 Å². The molecule has 2 aromatic rings. The van der Waals surface area contributed by atoms with Crippen molar-refractivity contribution in [1.29, 1.82) is 0 Å². The lowest BCUT2D eigenvalue weighted by molar-refractivity contribution is 0.279. The lowest BCUT2D eigenvalue weighted by Crippen LogP contribution is -2.17. The predicted molar refractivity (Wildman–Crippen MR) is 71.9 cm³/mol. The first kappa shape index (κ1) is 10.8. The van der Waals surface area contributed by atoms with Crippen molar-refractivity contribution < 1.29 is 0 Å². The van der Waals surface area contributed by atoms with Crippen LogP contribution in [0.4, 0.5) is 0 Å². The number of fused-ring (bicyclic) bond motifs is 1. The Kier molecular flexibility index (Phi) is 2.67. The van der Waals surface area contributed by atoms with Gasteiger partial charge in [0, 0.05) is 30.2 Å². The van der Waals surface area contributed by atoms with Gasteiger partial charge in [0.05, 0.1) is 0 Å². The number of aromatic nitrogens is 1. The molecule has 0 radical (unpaired) electrons. The van der Waals surface area contributed by atoms with Gasteiger partial charge in [-0.3, -0.25) is 0 Å². The maximum absolute atomic E-state index is 5.86. The molecule has 2 heteroatoms. The molecule has 1 heterocycles. The maximum Gasteiger partial charge on any atom is 0.0486 e. The Bertz CT molecular complexity index is 535. The van der Waals surface area contributed by atoms with Crippen molar-refractivity contribution in [2.45, 2.75) is 39.3 Å². The molecule has 0 unspecified atom stereocenters. The highest BCUT2D eigenvalue weighted by atomic mass is 15.0.